The Balaban J connectivity index is 1.56. The van der Waals surface area contributed by atoms with E-state index in [-0.39, 0.29) is 23.4 Å². The fourth-order valence-electron chi connectivity index (χ4n) is 2.69. The van der Waals surface area contributed by atoms with Crippen LogP contribution in [-0.2, 0) is 11.3 Å². The van der Waals surface area contributed by atoms with Crippen molar-refractivity contribution in [1.29, 1.82) is 0 Å². The summed E-state index contributed by atoms with van der Waals surface area (Å²) in [5.74, 6) is 0.222. The first kappa shape index (κ1) is 17.0. The molecule has 1 saturated carbocycles. The van der Waals surface area contributed by atoms with Gasteiger partial charge in [0, 0.05) is 30.9 Å². The lowest BCUT2D eigenvalue weighted by Gasteiger charge is -2.08. The maximum absolute atomic E-state index is 12.5. The van der Waals surface area contributed by atoms with Gasteiger partial charge in [0.1, 0.15) is 5.82 Å². The van der Waals surface area contributed by atoms with Gasteiger partial charge in [-0.15, -0.1) is 0 Å². The molecule has 0 radical (unpaired) electrons. The molecule has 2 heterocycles. The van der Waals surface area contributed by atoms with Gasteiger partial charge in [-0.05, 0) is 42.7 Å². The molecule has 3 aromatic rings. The summed E-state index contributed by atoms with van der Waals surface area (Å²) in [6, 6.07) is 14.7. The molecule has 136 valence electrons. The fraction of sp³-hybridized carbons (Fsp3) is 0.200. The van der Waals surface area contributed by atoms with E-state index in [2.05, 4.69) is 20.7 Å². The fourth-order valence-corrected chi connectivity index (χ4v) is 2.69. The van der Waals surface area contributed by atoms with E-state index in [1.54, 1.807) is 23.1 Å². The second kappa shape index (κ2) is 7.41. The van der Waals surface area contributed by atoms with Gasteiger partial charge in [-0.3, -0.25) is 14.6 Å². The predicted octanol–water partition coefficient (Wildman–Crippen LogP) is 2.55. The Kier molecular flexibility index (Phi) is 4.65. The van der Waals surface area contributed by atoms with Crippen molar-refractivity contribution in [1.82, 2.24) is 20.1 Å². The molecule has 1 aromatic carbocycles. The van der Waals surface area contributed by atoms with Crippen molar-refractivity contribution in [3.63, 3.8) is 0 Å². The van der Waals surface area contributed by atoms with Crippen molar-refractivity contribution in [3.8, 4) is 5.69 Å². The van der Waals surface area contributed by atoms with E-state index in [1.165, 1.54) is 0 Å². The molecule has 0 atom stereocenters. The van der Waals surface area contributed by atoms with Crippen LogP contribution in [0.15, 0.2) is 60.9 Å². The summed E-state index contributed by atoms with van der Waals surface area (Å²) in [6.07, 6.45) is 5.17. The quantitative estimate of drug-likeness (QED) is 0.706. The average molecular weight is 361 g/mol. The number of amides is 2. The molecule has 7 heteroatoms. The second-order valence-electron chi connectivity index (χ2n) is 6.46. The zero-order valence-electron chi connectivity index (χ0n) is 14.6. The molecule has 2 amide bonds. The number of para-hydroxylation sites is 1. The number of nitrogens with zero attached hydrogens (tertiary/aromatic N) is 3. The third kappa shape index (κ3) is 4.03. The van der Waals surface area contributed by atoms with Crippen molar-refractivity contribution < 1.29 is 9.59 Å². The van der Waals surface area contributed by atoms with Crippen LogP contribution in [0.25, 0.3) is 5.69 Å². The summed E-state index contributed by atoms with van der Waals surface area (Å²) in [6.45, 7) is 0.378. The molecule has 2 aromatic heterocycles. The van der Waals surface area contributed by atoms with E-state index in [0.29, 0.717) is 12.4 Å². The largest absolute Gasteiger partial charge is 0.347 e. The third-order valence-corrected chi connectivity index (χ3v) is 4.34. The van der Waals surface area contributed by atoms with Crippen LogP contribution < -0.4 is 10.6 Å². The zero-order valence-corrected chi connectivity index (χ0v) is 14.6. The highest BCUT2D eigenvalue weighted by Crippen LogP contribution is 2.30. The molecule has 0 aliphatic heterocycles. The molecule has 0 unspecified atom stereocenters. The van der Waals surface area contributed by atoms with Gasteiger partial charge in [0.15, 0.2) is 5.69 Å². The first-order valence-electron chi connectivity index (χ1n) is 8.84. The van der Waals surface area contributed by atoms with Crippen LogP contribution in [0.3, 0.4) is 0 Å². The Labute approximate surface area is 156 Å². The van der Waals surface area contributed by atoms with Crippen LogP contribution in [0, 0.1) is 5.92 Å². The normalized spacial score (nSPS) is 13.2. The van der Waals surface area contributed by atoms with Crippen LogP contribution in [0.1, 0.15) is 28.9 Å². The number of rotatable bonds is 6. The van der Waals surface area contributed by atoms with E-state index >= 15 is 0 Å². The summed E-state index contributed by atoms with van der Waals surface area (Å²) in [5, 5.41) is 10.1. The Hall–Kier alpha value is -3.48. The number of aromatic nitrogens is 3. The smallest absolute Gasteiger partial charge is 0.272 e. The SMILES string of the molecule is O=C(NCc1ccncc1)c1cc(NC(=O)C2CC2)n(-c2ccccc2)n1. The van der Waals surface area contributed by atoms with E-state index in [4.69, 9.17) is 0 Å². The number of benzene rings is 1. The number of anilines is 1. The van der Waals surface area contributed by atoms with Crippen molar-refractivity contribution >= 4 is 17.6 Å². The first-order valence-corrected chi connectivity index (χ1v) is 8.84. The first-order chi connectivity index (χ1) is 13.2. The lowest BCUT2D eigenvalue weighted by molar-refractivity contribution is -0.117. The number of carbonyl (C=O) groups is 2. The van der Waals surface area contributed by atoms with Gasteiger partial charge in [0.05, 0.1) is 5.69 Å². The van der Waals surface area contributed by atoms with Crippen LogP contribution in [0.4, 0.5) is 5.82 Å². The van der Waals surface area contributed by atoms with Gasteiger partial charge in [-0.2, -0.15) is 5.10 Å². The maximum atomic E-state index is 12.5. The third-order valence-electron chi connectivity index (χ3n) is 4.34. The molecule has 2 N–H and O–H groups in total. The van der Waals surface area contributed by atoms with Gasteiger partial charge >= 0.3 is 0 Å². The topological polar surface area (TPSA) is 88.9 Å². The van der Waals surface area contributed by atoms with Crippen LogP contribution in [0.2, 0.25) is 0 Å². The monoisotopic (exact) mass is 361 g/mol. The molecule has 27 heavy (non-hydrogen) atoms. The summed E-state index contributed by atoms with van der Waals surface area (Å²) in [4.78, 5) is 28.7. The molecular weight excluding hydrogens is 342 g/mol. The van der Waals surface area contributed by atoms with Crippen molar-refractivity contribution in [3.05, 3.63) is 72.2 Å². The Morgan fingerprint density at radius 3 is 2.52 bits per heavy atom. The van der Waals surface area contributed by atoms with E-state index in [9.17, 15) is 9.59 Å². The molecule has 4 rings (SSSR count). The van der Waals surface area contributed by atoms with Crippen LogP contribution in [-0.4, -0.2) is 26.6 Å². The predicted molar refractivity (Wildman–Crippen MR) is 100 cm³/mol. The molecule has 0 spiro atoms. The lowest BCUT2D eigenvalue weighted by Crippen LogP contribution is -2.23. The van der Waals surface area contributed by atoms with Crippen molar-refractivity contribution in [2.24, 2.45) is 5.92 Å². The summed E-state index contributed by atoms with van der Waals surface area (Å²) in [5.41, 5.74) is 1.97. The highest BCUT2D eigenvalue weighted by Gasteiger charge is 2.30. The van der Waals surface area contributed by atoms with Crippen molar-refractivity contribution in [2.45, 2.75) is 19.4 Å². The molecule has 0 saturated heterocycles. The Morgan fingerprint density at radius 2 is 1.81 bits per heavy atom. The number of carbonyl (C=O) groups excluding carboxylic acids is 2. The molecule has 0 bridgehead atoms. The summed E-state index contributed by atoms with van der Waals surface area (Å²) >= 11 is 0. The number of hydrogen-bond acceptors (Lipinski definition) is 4. The summed E-state index contributed by atoms with van der Waals surface area (Å²) in [7, 11) is 0. The van der Waals surface area contributed by atoms with Crippen molar-refractivity contribution in [2.75, 3.05) is 5.32 Å². The lowest BCUT2D eigenvalue weighted by atomic mass is 10.2. The van der Waals surface area contributed by atoms with E-state index < -0.39 is 0 Å². The van der Waals surface area contributed by atoms with E-state index in [1.807, 2.05) is 42.5 Å². The van der Waals surface area contributed by atoms with E-state index in [0.717, 1.165) is 24.1 Å². The second-order valence-corrected chi connectivity index (χ2v) is 6.46. The highest BCUT2D eigenvalue weighted by atomic mass is 16.2. The number of hydrogen-bond donors (Lipinski definition) is 2. The number of pyridine rings is 1. The van der Waals surface area contributed by atoms with Gasteiger partial charge in [0.2, 0.25) is 5.91 Å². The minimum atomic E-state index is -0.302. The molecular formula is C20H19N5O2. The average Bonchev–Trinajstić information content (AvgIpc) is 3.48. The maximum Gasteiger partial charge on any atom is 0.272 e. The minimum absolute atomic E-state index is 0.0316. The minimum Gasteiger partial charge on any atom is -0.347 e. The molecule has 1 aliphatic carbocycles. The highest BCUT2D eigenvalue weighted by molar-refractivity contribution is 5.97. The van der Waals surface area contributed by atoms with Crippen LogP contribution >= 0.6 is 0 Å². The summed E-state index contributed by atoms with van der Waals surface area (Å²) < 4.78 is 1.58. The van der Waals surface area contributed by atoms with Crippen LogP contribution in [0.5, 0.6) is 0 Å². The standard InChI is InChI=1S/C20H19N5O2/c26-19(15-6-7-15)23-18-12-17(24-25(18)16-4-2-1-3-5-16)20(27)22-13-14-8-10-21-11-9-14/h1-5,8-12,15H,6-7,13H2,(H,22,27)(H,23,26). The number of nitrogens with one attached hydrogen (secondary N) is 2. The molecule has 7 nitrogen and oxygen atoms in total. The van der Waals surface area contributed by atoms with Gasteiger partial charge in [-0.25, -0.2) is 4.68 Å². The zero-order chi connectivity index (χ0) is 18.6. The molecule has 1 aliphatic rings. The van der Waals surface area contributed by atoms with Gasteiger partial charge in [0.25, 0.3) is 5.91 Å². The Bertz CT molecular complexity index is 949. The van der Waals surface area contributed by atoms with Gasteiger partial charge < -0.3 is 10.6 Å². The Morgan fingerprint density at radius 1 is 1.07 bits per heavy atom. The molecule has 1 fully saturated rings. The van der Waals surface area contributed by atoms with Gasteiger partial charge in [-0.1, -0.05) is 18.2 Å².